The Morgan fingerprint density at radius 3 is 2.14 bits per heavy atom. The van der Waals surface area contributed by atoms with E-state index in [0.29, 0.717) is 19.3 Å². The van der Waals surface area contributed by atoms with E-state index in [1.807, 2.05) is 19.9 Å². The van der Waals surface area contributed by atoms with Crippen LogP contribution in [0.5, 0.6) is 0 Å². The second-order valence-electron chi connectivity index (χ2n) is 15.4. The van der Waals surface area contributed by atoms with E-state index in [1.165, 1.54) is 17.1 Å². The standard InChI is InChI=1S/C41H62N6O9/c1-6-55-33(48)22-14-13-20-30(44-41(54)56-25-28-16-9-7-10-17-28)37(50)45-34(27(4)5)40(53)47-23-15-21-32(47)39(52)43-31(24-26(2)3)38(51)46-35(36(42)49)29-18-11-8-12-19-29/h7,9-10,14,16-17,22,26-27,29-32,34-35H,6,8,11-13,15,18-21,23-25H2,1-5H3,(H2,42,49)(H,43,52)(H,44,54)(H,45,50)(H,46,51)/b22-14+/t30-,31-,32-,34-,35-/m0/s1. The molecule has 6 N–H and O–H groups in total. The summed E-state index contributed by atoms with van der Waals surface area (Å²) < 4.78 is 10.3. The largest absolute Gasteiger partial charge is 0.463 e. The molecule has 1 aliphatic heterocycles. The number of benzene rings is 1. The van der Waals surface area contributed by atoms with Crippen LogP contribution in [0.1, 0.15) is 104 Å². The number of allylic oxidation sites excluding steroid dienone is 1. The molecule has 0 spiro atoms. The first-order valence-corrected chi connectivity index (χ1v) is 20.0. The number of amides is 6. The van der Waals surface area contributed by atoms with Crippen molar-refractivity contribution < 1.29 is 43.0 Å². The van der Waals surface area contributed by atoms with Crippen LogP contribution >= 0.6 is 0 Å². The molecule has 0 unspecified atom stereocenters. The Hall–Kier alpha value is -4.95. The number of likely N-dealkylation sites (tertiary alicyclic amines) is 1. The van der Waals surface area contributed by atoms with Gasteiger partial charge in [-0.2, -0.15) is 0 Å². The van der Waals surface area contributed by atoms with Crippen molar-refractivity contribution in [3.8, 4) is 0 Å². The number of carbonyl (C=O) groups excluding carboxylic acids is 7. The highest BCUT2D eigenvalue weighted by molar-refractivity contribution is 5.96. The number of hydrogen-bond acceptors (Lipinski definition) is 9. The number of rotatable bonds is 20. The van der Waals surface area contributed by atoms with Gasteiger partial charge >= 0.3 is 12.1 Å². The molecule has 15 nitrogen and oxygen atoms in total. The summed E-state index contributed by atoms with van der Waals surface area (Å²) in [4.78, 5) is 93.9. The zero-order valence-corrected chi connectivity index (χ0v) is 33.6. The summed E-state index contributed by atoms with van der Waals surface area (Å²) in [5.41, 5.74) is 6.47. The molecule has 1 saturated carbocycles. The molecule has 1 aromatic carbocycles. The van der Waals surface area contributed by atoms with E-state index in [4.69, 9.17) is 15.2 Å². The molecule has 1 heterocycles. The highest BCUT2D eigenvalue weighted by atomic mass is 16.5. The molecule has 2 fully saturated rings. The van der Waals surface area contributed by atoms with Gasteiger partial charge in [-0.3, -0.25) is 24.0 Å². The van der Waals surface area contributed by atoms with Crippen molar-refractivity contribution in [2.24, 2.45) is 23.5 Å². The smallest absolute Gasteiger partial charge is 0.408 e. The molecule has 0 aromatic heterocycles. The molecule has 5 atom stereocenters. The number of alkyl carbamates (subject to hydrolysis) is 1. The van der Waals surface area contributed by atoms with E-state index in [1.54, 1.807) is 45.0 Å². The van der Waals surface area contributed by atoms with Gasteiger partial charge in [-0.25, -0.2) is 9.59 Å². The number of ether oxygens (including phenoxy) is 2. The zero-order valence-electron chi connectivity index (χ0n) is 33.6. The Morgan fingerprint density at radius 2 is 1.52 bits per heavy atom. The minimum Gasteiger partial charge on any atom is -0.463 e. The van der Waals surface area contributed by atoms with Crippen LogP contribution in [0.15, 0.2) is 42.5 Å². The van der Waals surface area contributed by atoms with Gasteiger partial charge in [0.25, 0.3) is 0 Å². The number of nitrogens with one attached hydrogen (secondary N) is 4. The van der Waals surface area contributed by atoms with Crippen molar-refractivity contribution in [2.45, 2.75) is 136 Å². The molecule has 3 rings (SSSR count). The molecule has 1 aromatic rings. The number of esters is 1. The summed E-state index contributed by atoms with van der Waals surface area (Å²) in [5.74, 6) is -3.73. The van der Waals surface area contributed by atoms with Crippen LogP contribution in [0.3, 0.4) is 0 Å². The molecule has 1 saturated heterocycles. The van der Waals surface area contributed by atoms with Gasteiger partial charge in [-0.1, -0.05) is 83.4 Å². The predicted octanol–water partition coefficient (Wildman–Crippen LogP) is 3.39. The molecule has 56 heavy (non-hydrogen) atoms. The van der Waals surface area contributed by atoms with Crippen molar-refractivity contribution in [3.05, 3.63) is 48.0 Å². The number of primary amides is 1. The lowest BCUT2D eigenvalue weighted by Gasteiger charge is -2.33. The van der Waals surface area contributed by atoms with Crippen molar-refractivity contribution in [1.82, 2.24) is 26.2 Å². The van der Waals surface area contributed by atoms with Gasteiger partial charge in [0, 0.05) is 12.6 Å². The lowest BCUT2D eigenvalue weighted by Crippen LogP contribution is -2.60. The first-order valence-electron chi connectivity index (χ1n) is 20.0. The van der Waals surface area contributed by atoms with Gasteiger partial charge < -0.3 is 41.4 Å². The number of nitrogens with zero attached hydrogens (tertiary/aromatic N) is 1. The lowest BCUT2D eigenvalue weighted by molar-refractivity contribution is -0.143. The van der Waals surface area contributed by atoms with Crippen LogP contribution < -0.4 is 27.0 Å². The van der Waals surface area contributed by atoms with Gasteiger partial charge in [0.15, 0.2) is 0 Å². The van der Waals surface area contributed by atoms with Crippen LogP contribution in [-0.2, 0) is 44.8 Å². The molecule has 15 heteroatoms. The third-order valence-corrected chi connectivity index (χ3v) is 10.1. The van der Waals surface area contributed by atoms with Crippen molar-refractivity contribution in [1.29, 1.82) is 0 Å². The maximum Gasteiger partial charge on any atom is 0.408 e. The summed E-state index contributed by atoms with van der Waals surface area (Å²) in [5, 5.41) is 11.1. The average Bonchev–Trinajstić information content (AvgIpc) is 3.66. The average molecular weight is 783 g/mol. The van der Waals surface area contributed by atoms with Gasteiger partial charge in [-0.05, 0) is 75.2 Å². The van der Waals surface area contributed by atoms with Crippen LogP contribution in [0.25, 0.3) is 0 Å². The minimum absolute atomic E-state index is 0.0208. The van der Waals surface area contributed by atoms with E-state index < -0.39 is 77.7 Å². The Bertz CT molecular complexity index is 1510. The van der Waals surface area contributed by atoms with Crippen LogP contribution in [0, 0.1) is 17.8 Å². The van der Waals surface area contributed by atoms with Crippen LogP contribution in [0.2, 0.25) is 0 Å². The minimum atomic E-state index is -1.13. The predicted molar refractivity (Wildman–Crippen MR) is 209 cm³/mol. The first-order chi connectivity index (χ1) is 26.7. The monoisotopic (exact) mass is 782 g/mol. The number of nitrogens with two attached hydrogens (primary N) is 1. The quantitative estimate of drug-likeness (QED) is 0.0967. The van der Waals surface area contributed by atoms with Crippen LogP contribution in [-0.4, -0.2) is 89.9 Å². The van der Waals surface area contributed by atoms with Gasteiger partial charge in [0.2, 0.25) is 29.5 Å². The van der Waals surface area contributed by atoms with E-state index in [2.05, 4.69) is 21.3 Å². The van der Waals surface area contributed by atoms with E-state index in [-0.39, 0.29) is 44.4 Å². The molecule has 6 amide bonds. The van der Waals surface area contributed by atoms with Gasteiger partial charge in [0.05, 0.1) is 6.61 Å². The molecule has 310 valence electrons. The molecule has 0 radical (unpaired) electrons. The highest BCUT2D eigenvalue weighted by Crippen LogP contribution is 2.27. The number of hydrogen-bond donors (Lipinski definition) is 5. The third kappa shape index (κ3) is 14.6. The van der Waals surface area contributed by atoms with Gasteiger partial charge in [-0.15, -0.1) is 0 Å². The maximum atomic E-state index is 14.2. The van der Waals surface area contributed by atoms with Crippen molar-refractivity contribution >= 4 is 41.6 Å². The summed E-state index contributed by atoms with van der Waals surface area (Å²) >= 11 is 0. The molecule has 0 bridgehead atoms. The maximum absolute atomic E-state index is 14.2. The normalized spacial score (nSPS) is 18.1. The molecule has 2 aliphatic rings. The summed E-state index contributed by atoms with van der Waals surface area (Å²) in [6.07, 6.45) is 7.94. The van der Waals surface area contributed by atoms with E-state index in [0.717, 1.165) is 37.7 Å². The number of carbonyl (C=O) groups is 7. The van der Waals surface area contributed by atoms with Crippen molar-refractivity contribution in [3.63, 3.8) is 0 Å². The summed E-state index contributed by atoms with van der Waals surface area (Å²) in [7, 11) is 0. The Kier molecular flexibility index (Phi) is 18.8. The Balaban J connectivity index is 1.73. The third-order valence-electron chi connectivity index (χ3n) is 10.1. The first kappa shape index (κ1) is 45.4. The van der Waals surface area contributed by atoms with Crippen molar-refractivity contribution in [2.75, 3.05) is 13.2 Å². The topological polar surface area (TPSA) is 215 Å². The van der Waals surface area contributed by atoms with E-state index >= 15 is 0 Å². The second-order valence-corrected chi connectivity index (χ2v) is 15.4. The Labute approximate surface area is 330 Å². The zero-order chi connectivity index (χ0) is 41.2. The van der Waals surface area contributed by atoms with Gasteiger partial charge in [0.1, 0.15) is 36.8 Å². The highest BCUT2D eigenvalue weighted by Gasteiger charge is 2.41. The molecule has 1 aliphatic carbocycles. The molecular formula is C41H62N6O9. The molecular weight excluding hydrogens is 720 g/mol. The fraction of sp³-hybridized carbons (Fsp3) is 0.634. The summed E-state index contributed by atoms with van der Waals surface area (Å²) in [6.45, 7) is 9.48. The van der Waals surface area contributed by atoms with Crippen LogP contribution in [0.4, 0.5) is 4.79 Å². The second kappa shape index (κ2) is 23.2. The van der Waals surface area contributed by atoms with E-state index in [9.17, 15) is 33.6 Å². The fourth-order valence-corrected chi connectivity index (χ4v) is 7.17. The lowest BCUT2D eigenvalue weighted by atomic mass is 9.83. The SMILES string of the molecule is CCOC(=O)/C=C/CC[C@H](NC(=O)OCc1ccccc1)C(=O)N[C@H](C(=O)N1CCC[C@H]1C(=O)N[C@@H](CC(C)C)C(=O)N[C@H](C(N)=O)C1CCCCC1)C(C)C. The summed E-state index contributed by atoms with van der Waals surface area (Å²) in [6, 6.07) is 4.13. The fourth-order valence-electron chi connectivity index (χ4n) is 7.17. The Morgan fingerprint density at radius 1 is 0.839 bits per heavy atom.